The summed E-state index contributed by atoms with van der Waals surface area (Å²) in [5.74, 6) is 0. The monoisotopic (exact) mass is 277 g/mol. The van der Waals surface area contributed by atoms with Gasteiger partial charge in [0.25, 0.3) is 0 Å². The lowest BCUT2D eigenvalue weighted by molar-refractivity contribution is 0.776. The Kier molecular flexibility index (Phi) is 6.33. The number of hydrazine groups is 1. The van der Waals surface area contributed by atoms with E-state index in [1.54, 1.807) is 0 Å². The molecule has 0 fully saturated rings. The summed E-state index contributed by atoms with van der Waals surface area (Å²) in [5, 5.41) is 0. The van der Waals surface area contributed by atoms with Gasteiger partial charge in [-0.25, -0.2) is 5.43 Å². The Balaban J connectivity index is 0.00000180. The lowest BCUT2D eigenvalue weighted by Crippen LogP contribution is -2.24. The zero-order valence-electron chi connectivity index (χ0n) is 11.3. The summed E-state index contributed by atoms with van der Waals surface area (Å²) < 4.78 is 0. The lowest BCUT2D eigenvalue weighted by atomic mass is 10.2. The number of hydrogen-bond acceptors (Lipinski definition) is 3. The van der Waals surface area contributed by atoms with Crippen LogP contribution in [0.1, 0.15) is 16.8 Å². The van der Waals surface area contributed by atoms with E-state index in [-0.39, 0.29) is 12.4 Å². The van der Waals surface area contributed by atoms with Crippen molar-refractivity contribution in [3.05, 3.63) is 59.4 Å². The van der Waals surface area contributed by atoms with Crippen molar-refractivity contribution in [3.63, 3.8) is 0 Å². The number of nitrogens with one attached hydrogen (secondary N) is 2. The van der Waals surface area contributed by atoms with Crippen molar-refractivity contribution in [1.82, 2.24) is 10.4 Å². The molecule has 0 saturated carbocycles. The smallest absolute Gasteiger partial charge is 0.0487 e. The van der Waals surface area contributed by atoms with E-state index in [4.69, 9.17) is 0 Å². The molecule has 102 valence electrons. The van der Waals surface area contributed by atoms with E-state index in [0.29, 0.717) is 0 Å². The molecule has 0 aliphatic heterocycles. The second-order valence-electron chi connectivity index (χ2n) is 4.48. The third kappa shape index (κ3) is 5.28. The molecule has 4 heteroatoms. The minimum Gasteiger partial charge on any atom is -0.321 e. The number of rotatable bonds is 5. The molecule has 0 unspecified atom stereocenters. The molecular formula is C15H20ClN3. The molecule has 0 bridgehead atoms. The van der Waals surface area contributed by atoms with Crippen LogP contribution >= 0.6 is 12.4 Å². The number of benzene rings is 1. The van der Waals surface area contributed by atoms with E-state index in [0.717, 1.165) is 24.3 Å². The van der Waals surface area contributed by atoms with Crippen molar-refractivity contribution < 1.29 is 0 Å². The van der Waals surface area contributed by atoms with Crippen LogP contribution in [0.5, 0.6) is 0 Å². The number of pyridine rings is 1. The Morgan fingerprint density at radius 2 is 1.74 bits per heavy atom. The van der Waals surface area contributed by atoms with Gasteiger partial charge in [-0.3, -0.25) is 4.98 Å². The molecule has 19 heavy (non-hydrogen) atoms. The van der Waals surface area contributed by atoms with E-state index in [1.165, 1.54) is 11.1 Å². The number of halogens is 1. The lowest BCUT2D eigenvalue weighted by Gasteiger charge is -2.08. The van der Waals surface area contributed by atoms with Crippen LogP contribution in [0.2, 0.25) is 0 Å². The molecule has 2 aromatic rings. The molecule has 0 saturated heterocycles. The van der Waals surface area contributed by atoms with Crippen molar-refractivity contribution >= 4 is 18.1 Å². The molecule has 1 aromatic heterocycles. The summed E-state index contributed by atoms with van der Waals surface area (Å²) in [4.78, 5) is 4.28. The Bertz CT molecular complexity index is 432. The average Bonchev–Trinajstić information content (AvgIpc) is 2.39. The quantitative estimate of drug-likeness (QED) is 0.651. The van der Waals surface area contributed by atoms with Gasteiger partial charge < -0.3 is 5.43 Å². The average molecular weight is 278 g/mol. The van der Waals surface area contributed by atoms with Crippen LogP contribution in [0.15, 0.2) is 42.6 Å². The van der Waals surface area contributed by atoms with Crippen LogP contribution in [-0.4, -0.2) is 11.5 Å². The van der Waals surface area contributed by atoms with Gasteiger partial charge >= 0.3 is 0 Å². The topological polar surface area (TPSA) is 37.0 Å². The van der Waals surface area contributed by atoms with E-state index in [9.17, 15) is 0 Å². The van der Waals surface area contributed by atoms with Crippen molar-refractivity contribution in [3.8, 4) is 0 Å². The predicted octanol–water partition coefficient (Wildman–Crippen LogP) is 3.28. The van der Waals surface area contributed by atoms with E-state index in [1.807, 2.05) is 19.2 Å². The SMILES string of the molecule is Cc1ccc(NNCCc2ccc(C)nc2)cc1.Cl. The second kappa shape index (κ2) is 7.77. The summed E-state index contributed by atoms with van der Waals surface area (Å²) >= 11 is 0. The normalized spacial score (nSPS) is 9.79. The molecule has 3 nitrogen and oxygen atoms in total. The fourth-order valence-corrected chi connectivity index (χ4v) is 1.65. The van der Waals surface area contributed by atoms with Crippen LogP contribution < -0.4 is 10.9 Å². The van der Waals surface area contributed by atoms with Gasteiger partial charge in [0.15, 0.2) is 0 Å². The molecule has 1 aromatic carbocycles. The van der Waals surface area contributed by atoms with Crippen LogP contribution in [0.4, 0.5) is 5.69 Å². The molecule has 2 rings (SSSR count). The van der Waals surface area contributed by atoms with Crippen molar-refractivity contribution in [2.45, 2.75) is 20.3 Å². The molecule has 1 heterocycles. The molecule has 0 aliphatic carbocycles. The predicted molar refractivity (Wildman–Crippen MR) is 82.7 cm³/mol. The van der Waals surface area contributed by atoms with Crippen LogP contribution in [0.3, 0.4) is 0 Å². The van der Waals surface area contributed by atoms with E-state index < -0.39 is 0 Å². The highest BCUT2D eigenvalue weighted by molar-refractivity contribution is 5.85. The first kappa shape index (κ1) is 15.5. The van der Waals surface area contributed by atoms with Crippen LogP contribution in [0, 0.1) is 13.8 Å². The highest BCUT2D eigenvalue weighted by Gasteiger charge is 1.94. The Hall–Kier alpha value is -1.58. The maximum Gasteiger partial charge on any atom is 0.0487 e. The van der Waals surface area contributed by atoms with Gasteiger partial charge in [-0.15, -0.1) is 12.4 Å². The summed E-state index contributed by atoms with van der Waals surface area (Å²) in [6.07, 6.45) is 2.90. The summed E-state index contributed by atoms with van der Waals surface area (Å²) in [6.45, 7) is 4.96. The number of aryl methyl sites for hydroxylation is 2. The number of aromatic nitrogens is 1. The highest BCUT2D eigenvalue weighted by Crippen LogP contribution is 2.07. The molecule has 0 radical (unpaired) electrons. The molecule has 0 atom stereocenters. The summed E-state index contributed by atoms with van der Waals surface area (Å²) in [6, 6.07) is 12.5. The van der Waals surface area contributed by atoms with Crippen LogP contribution in [0.25, 0.3) is 0 Å². The van der Waals surface area contributed by atoms with Crippen molar-refractivity contribution in [2.75, 3.05) is 12.0 Å². The minimum atomic E-state index is 0. The van der Waals surface area contributed by atoms with Gasteiger partial charge in [0.2, 0.25) is 0 Å². The zero-order chi connectivity index (χ0) is 12.8. The Morgan fingerprint density at radius 3 is 2.37 bits per heavy atom. The first-order valence-corrected chi connectivity index (χ1v) is 6.21. The first-order valence-electron chi connectivity index (χ1n) is 6.21. The Morgan fingerprint density at radius 1 is 1.00 bits per heavy atom. The highest BCUT2D eigenvalue weighted by atomic mass is 35.5. The standard InChI is InChI=1S/C15H19N3.ClH/c1-12-3-7-15(8-4-12)18-17-10-9-14-6-5-13(2)16-11-14;/h3-8,11,17-18H,9-10H2,1-2H3;1H. The van der Waals surface area contributed by atoms with Crippen molar-refractivity contribution in [2.24, 2.45) is 0 Å². The molecule has 2 N–H and O–H groups in total. The van der Waals surface area contributed by atoms with Crippen molar-refractivity contribution in [1.29, 1.82) is 0 Å². The molecule has 0 spiro atoms. The van der Waals surface area contributed by atoms with E-state index in [2.05, 4.69) is 53.1 Å². The van der Waals surface area contributed by atoms with Gasteiger partial charge in [0.1, 0.15) is 0 Å². The fraction of sp³-hybridized carbons (Fsp3) is 0.267. The summed E-state index contributed by atoms with van der Waals surface area (Å²) in [7, 11) is 0. The van der Waals surface area contributed by atoms with Gasteiger partial charge in [-0.05, 0) is 44.0 Å². The number of hydrogen-bond donors (Lipinski definition) is 2. The maximum atomic E-state index is 4.28. The second-order valence-corrected chi connectivity index (χ2v) is 4.48. The van der Waals surface area contributed by atoms with Crippen LogP contribution in [-0.2, 0) is 6.42 Å². The number of anilines is 1. The summed E-state index contributed by atoms with van der Waals surface area (Å²) in [5.41, 5.74) is 11.1. The first-order chi connectivity index (χ1) is 8.74. The molecule has 0 amide bonds. The van der Waals surface area contributed by atoms with Gasteiger partial charge in [-0.1, -0.05) is 23.8 Å². The number of nitrogens with zero attached hydrogens (tertiary/aromatic N) is 1. The molecule has 0 aliphatic rings. The third-order valence-electron chi connectivity index (χ3n) is 2.80. The largest absolute Gasteiger partial charge is 0.321 e. The van der Waals surface area contributed by atoms with Gasteiger partial charge in [0, 0.05) is 24.1 Å². The zero-order valence-corrected chi connectivity index (χ0v) is 12.1. The fourth-order valence-electron chi connectivity index (χ4n) is 1.65. The van der Waals surface area contributed by atoms with Gasteiger partial charge in [0.05, 0.1) is 0 Å². The van der Waals surface area contributed by atoms with E-state index >= 15 is 0 Å². The van der Waals surface area contributed by atoms with Gasteiger partial charge in [-0.2, -0.15) is 0 Å². The maximum absolute atomic E-state index is 4.28. The molecular weight excluding hydrogens is 258 g/mol. The Labute approximate surface area is 120 Å². The minimum absolute atomic E-state index is 0. The third-order valence-corrected chi connectivity index (χ3v) is 2.80.